The molecule has 9 heteroatoms. The number of aryl methyl sites for hydroxylation is 1. The third-order valence-corrected chi connectivity index (χ3v) is 6.37. The largest absolute Gasteiger partial charge is 0.349 e. The number of piperidine rings is 1. The average molecular weight is 451 g/mol. The van der Waals surface area contributed by atoms with E-state index in [-0.39, 0.29) is 30.7 Å². The zero-order chi connectivity index (χ0) is 22.6. The Morgan fingerprint density at radius 2 is 2.00 bits per heavy atom. The van der Waals surface area contributed by atoms with Crippen LogP contribution < -0.4 is 10.6 Å². The number of amides is 4. The van der Waals surface area contributed by atoms with Crippen LogP contribution in [0.25, 0.3) is 10.9 Å². The maximum absolute atomic E-state index is 12.9. The number of halogens is 1. The normalized spacial score (nSPS) is 18.1. The van der Waals surface area contributed by atoms with Crippen molar-refractivity contribution >= 4 is 51.8 Å². The number of anilines is 1. The minimum Gasteiger partial charge on any atom is -0.349 e. The summed E-state index contributed by atoms with van der Waals surface area (Å²) in [5.74, 6) is -1.35. The van der Waals surface area contributed by atoms with Crippen molar-refractivity contribution in [2.45, 2.75) is 32.4 Å². The molecule has 162 valence electrons. The maximum atomic E-state index is 12.9. The second-order valence-corrected chi connectivity index (χ2v) is 8.42. The van der Waals surface area contributed by atoms with E-state index in [1.165, 1.54) is 4.90 Å². The first-order valence-corrected chi connectivity index (χ1v) is 10.6. The number of nitrogens with one attached hydrogen (secondary N) is 3. The summed E-state index contributed by atoms with van der Waals surface area (Å²) in [6.45, 7) is 2.09. The SMILES string of the molecule is Cc1c(C(=O)Nc2ccc3c(c2)CN(C2CCC(=O)NC2=O)C3=O)[nH]c2c(Cl)cccc12. The van der Waals surface area contributed by atoms with Gasteiger partial charge in [-0.25, -0.2) is 0 Å². The molecule has 1 fully saturated rings. The van der Waals surface area contributed by atoms with Crippen LogP contribution in [0.1, 0.15) is 44.8 Å². The predicted octanol–water partition coefficient (Wildman–Crippen LogP) is 3.14. The second kappa shape index (κ2) is 7.49. The van der Waals surface area contributed by atoms with Crippen LogP contribution >= 0.6 is 11.6 Å². The molecule has 2 aromatic carbocycles. The van der Waals surface area contributed by atoms with Gasteiger partial charge in [-0.3, -0.25) is 24.5 Å². The first-order valence-electron chi connectivity index (χ1n) is 10.2. The van der Waals surface area contributed by atoms with Gasteiger partial charge in [0.25, 0.3) is 11.8 Å². The smallest absolute Gasteiger partial charge is 0.272 e. The molecule has 2 aliphatic heterocycles. The summed E-state index contributed by atoms with van der Waals surface area (Å²) < 4.78 is 0. The van der Waals surface area contributed by atoms with Gasteiger partial charge in [-0.2, -0.15) is 0 Å². The van der Waals surface area contributed by atoms with E-state index >= 15 is 0 Å². The van der Waals surface area contributed by atoms with Crippen molar-refractivity contribution in [2.24, 2.45) is 0 Å². The van der Waals surface area contributed by atoms with Crippen LogP contribution in [-0.2, 0) is 16.1 Å². The molecule has 3 aromatic rings. The highest BCUT2D eigenvalue weighted by atomic mass is 35.5. The number of aromatic amines is 1. The van der Waals surface area contributed by atoms with Gasteiger partial charge in [-0.15, -0.1) is 0 Å². The van der Waals surface area contributed by atoms with E-state index in [9.17, 15) is 19.2 Å². The van der Waals surface area contributed by atoms with Crippen LogP contribution in [0.3, 0.4) is 0 Å². The van der Waals surface area contributed by atoms with Crippen LogP contribution in [-0.4, -0.2) is 39.6 Å². The Labute approximate surface area is 187 Å². The van der Waals surface area contributed by atoms with Gasteiger partial charge in [0.05, 0.1) is 10.5 Å². The molecule has 0 bridgehead atoms. The van der Waals surface area contributed by atoms with Gasteiger partial charge in [0, 0.05) is 29.6 Å². The van der Waals surface area contributed by atoms with E-state index in [0.29, 0.717) is 39.5 Å². The monoisotopic (exact) mass is 450 g/mol. The molecule has 1 atom stereocenters. The van der Waals surface area contributed by atoms with Crippen LogP contribution in [0, 0.1) is 6.92 Å². The fourth-order valence-electron chi connectivity index (χ4n) is 4.39. The minimum absolute atomic E-state index is 0.200. The molecule has 2 aliphatic rings. The Hall–Kier alpha value is -3.65. The number of nitrogens with zero attached hydrogens (tertiary/aromatic N) is 1. The Morgan fingerprint density at radius 3 is 2.75 bits per heavy atom. The summed E-state index contributed by atoms with van der Waals surface area (Å²) in [6, 6.07) is 9.86. The molecule has 32 heavy (non-hydrogen) atoms. The first-order chi connectivity index (χ1) is 15.3. The van der Waals surface area contributed by atoms with Crippen molar-refractivity contribution < 1.29 is 19.2 Å². The summed E-state index contributed by atoms with van der Waals surface area (Å²) in [5.41, 5.74) is 3.65. The van der Waals surface area contributed by atoms with Crippen molar-refractivity contribution in [3.63, 3.8) is 0 Å². The van der Waals surface area contributed by atoms with Crippen molar-refractivity contribution in [1.82, 2.24) is 15.2 Å². The second-order valence-electron chi connectivity index (χ2n) is 8.01. The number of hydrogen-bond acceptors (Lipinski definition) is 4. The third-order valence-electron chi connectivity index (χ3n) is 6.05. The predicted molar refractivity (Wildman–Crippen MR) is 118 cm³/mol. The maximum Gasteiger partial charge on any atom is 0.272 e. The van der Waals surface area contributed by atoms with Gasteiger partial charge >= 0.3 is 0 Å². The third kappa shape index (κ3) is 3.23. The van der Waals surface area contributed by atoms with Gasteiger partial charge in [0.1, 0.15) is 11.7 Å². The van der Waals surface area contributed by atoms with Crippen molar-refractivity contribution in [1.29, 1.82) is 0 Å². The molecule has 3 N–H and O–H groups in total. The Morgan fingerprint density at radius 1 is 1.19 bits per heavy atom. The zero-order valence-corrected chi connectivity index (χ0v) is 17.9. The number of hydrogen-bond donors (Lipinski definition) is 3. The number of carbonyl (C=O) groups is 4. The number of H-pyrrole nitrogens is 1. The number of benzene rings is 2. The average Bonchev–Trinajstić information content (AvgIpc) is 3.26. The fraction of sp³-hybridized carbons (Fsp3) is 0.217. The lowest BCUT2D eigenvalue weighted by Gasteiger charge is -2.29. The molecule has 0 aliphatic carbocycles. The summed E-state index contributed by atoms with van der Waals surface area (Å²) in [7, 11) is 0. The Balaban J connectivity index is 1.37. The zero-order valence-electron chi connectivity index (χ0n) is 17.1. The summed E-state index contributed by atoms with van der Waals surface area (Å²) in [5, 5.41) is 6.57. The molecule has 0 saturated carbocycles. The fourth-order valence-corrected chi connectivity index (χ4v) is 4.61. The van der Waals surface area contributed by atoms with Gasteiger partial charge in [0.15, 0.2) is 0 Å². The quantitative estimate of drug-likeness (QED) is 0.532. The number of aromatic nitrogens is 1. The van der Waals surface area contributed by atoms with Crippen LogP contribution in [0.5, 0.6) is 0 Å². The van der Waals surface area contributed by atoms with E-state index in [2.05, 4.69) is 15.6 Å². The summed E-state index contributed by atoms with van der Waals surface area (Å²) in [6.07, 6.45) is 0.502. The van der Waals surface area contributed by atoms with E-state index < -0.39 is 11.9 Å². The minimum atomic E-state index is -0.676. The molecule has 0 radical (unpaired) electrons. The molecule has 1 unspecified atom stereocenters. The molecule has 3 heterocycles. The lowest BCUT2D eigenvalue weighted by Crippen LogP contribution is -2.52. The highest BCUT2D eigenvalue weighted by Crippen LogP contribution is 2.31. The van der Waals surface area contributed by atoms with Crippen LogP contribution in [0.4, 0.5) is 5.69 Å². The molecule has 1 aromatic heterocycles. The lowest BCUT2D eigenvalue weighted by molar-refractivity contribution is -0.136. The number of carbonyl (C=O) groups excluding carboxylic acids is 4. The first kappa shape index (κ1) is 20.3. The summed E-state index contributed by atoms with van der Waals surface area (Å²) in [4.78, 5) is 53.9. The molecular weight excluding hydrogens is 432 g/mol. The van der Waals surface area contributed by atoms with E-state index in [1.54, 1.807) is 24.3 Å². The Kier molecular flexibility index (Phi) is 4.74. The highest BCUT2D eigenvalue weighted by Gasteiger charge is 2.39. The lowest BCUT2D eigenvalue weighted by atomic mass is 10.0. The molecule has 8 nitrogen and oxygen atoms in total. The van der Waals surface area contributed by atoms with Gasteiger partial charge < -0.3 is 15.2 Å². The molecular formula is C23H19ClN4O4. The molecule has 5 rings (SSSR count). The van der Waals surface area contributed by atoms with Gasteiger partial charge in [0.2, 0.25) is 11.8 Å². The number of para-hydroxylation sites is 1. The molecule has 4 amide bonds. The van der Waals surface area contributed by atoms with Crippen LogP contribution in [0.2, 0.25) is 5.02 Å². The van der Waals surface area contributed by atoms with Crippen LogP contribution in [0.15, 0.2) is 36.4 Å². The highest BCUT2D eigenvalue weighted by molar-refractivity contribution is 6.35. The molecule has 1 saturated heterocycles. The van der Waals surface area contributed by atoms with Gasteiger partial charge in [-0.1, -0.05) is 23.7 Å². The Bertz CT molecular complexity index is 1330. The van der Waals surface area contributed by atoms with E-state index in [1.807, 2.05) is 19.1 Å². The van der Waals surface area contributed by atoms with E-state index in [4.69, 9.17) is 11.6 Å². The molecule has 0 spiro atoms. The standard InChI is InChI=1S/C23H19ClN4O4/c1-11-14-3-2-4-16(24)20(14)27-19(11)22(31)25-13-5-6-15-12(9-13)10-28(23(15)32)17-7-8-18(29)26-21(17)30/h2-6,9,17,27H,7-8,10H2,1H3,(H,25,31)(H,26,29,30). The van der Waals surface area contributed by atoms with Gasteiger partial charge in [-0.05, 0) is 48.7 Å². The summed E-state index contributed by atoms with van der Waals surface area (Å²) >= 11 is 6.23. The van der Waals surface area contributed by atoms with Crippen molar-refractivity contribution in [3.05, 3.63) is 63.8 Å². The number of fused-ring (bicyclic) bond motifs is 2. The number of rotatable bonds is 3. The van der Waals surface area contributed by atoms with E-state index in [0.717, 1.165) is 10.9 Å². The number of imide groups is 1. The topological polar surface area (TPSA) is 111 Å². The van der Waals surface area contributed by atoms with Crippen molar-refractivity contribution in [3.8, 4) is 0 Å². The van der Waals surface area contributed by atoms with Crippen molar-refractivity contribution in [2.75, 3.05) is 5.32 Å².